The molecule has 0 aromatic carbocycles. The van der Waals surface area contributed by atoms with E-state index in [9.17, 15) is 5.11 Å². The molecule has 0 bridgehead atoms. The summed E-state index contributed by atoms with van der Waals surface area (Å²) >= 11 is 0. The second-order valence-corrected chi connectivity index (χ2v) is 2.57. The van der Waals surface area contributed by atoms with Gasteiger partial charge in [0.15, 0.2) is 5.65 Å². The lowest BCUT2D eigenvalue weighted by molar-refractivity contribution is -0.0787. The van der Waals surface area contributed by atoms with Crippen molar-refractivity contribution >= 4 is 5.65 Å². The molecule has 0 aliphatic carbocycles. The van der Waals surface area contributed by atoms with Crippen LogP contribution in [0.25, 0.3) is 5.65 Å². The van der Waals surface area contributed by atoms with Crippen molar-refractivity contribution in [1.29, 1.82) is 0 Å². The van der Waals surface area contributed by atoms with Gasteiger partial charge in [0.25, 0.3) is 0 Å². The van der Waals surface area contributed by atoms with E-state index in [1.165, 1.54) is 7.11 Å². The molecule has 0 fully saturated rings. The SMILES string of the molecule is COC(O)c1ncn2cccnc12. The van der Waals surface area contributed by atoms with Crippen LogP contribution in [0.5, 0.6) is 0 Å². The van der Waals surface area contributed by atoms with E-state index in [1.54, 1.807) is 29.2 Å². The number of hydrogen-bond acceptors (Lipinski definition) is 4. The first-order valence-corrected chi connectivity index (χ1v) is 3.81. The fraction of sp³-hybridized carbons (Fsp3) is 0.250. The second kappa shape index (κ2) is 3.12. The minimum Gasteiger partial charge on any atom is -0.363 e. The van der Waals surface area contributed by atoms with Gasteiger partial charge in [-0.3, -0.25) is 4.40 Å². The van der Waals surface area contributed by atoms with Crippen LogP contribution in [0, 0.1) is 0 Å². The van der Waals surface area contributed by atoms with Crippen LogP contribution in [-0.4, -0.2) is 26.6 Å². The zero-order valence-electron chi connectivity index (χ0n) is 7.08. The van der Waals surface area contributed by atoms with Gasteiger partial charge < -0.3 is 9.84 Å². The normalized spacial score (nSPS) is 13.4. The van der Waals surface area contributed by atoms with Crippen molar-refractivity contribution < 1.29 is 9.84 Å². The maximum atomic E-state index is 9.38. The van der Waals surface area contributed by atoms with E-state index in [1.807, 2.05) is 0 Å². The predicted octanol–water partition coefficient (Wildman–Crippen LogP) is 0.367. The summed E-state index contributed by atoms with van der Waals surface area (Å²) < 4.78 is 6.46. The first-order chi connectivity index (χ1) is 6.33. The van der Waals surface area contributed by atoms with Crippen LogP contribution >= 0.6 is 0 Å². The molecule has 1 unspecified atom stereocenters. The van der Waals surface area contributed by atoms with Crippen molar-refractivity contribution in [3.05, 3.63) is 30.5 Å². The van der Waals surface area contributed by atoms with Crippen LogP contribution in [0.3, 0.4) is 0 Å². The van der Waals surface area contributed by atoms with Gasteiger partial charge in [-0.15, -0.1) is 0 Å². The minimum atomic E-state index is -1.01. The van der Waals surface area contributed by atoms with E-state index in [0.29, 0.717) is 11.3 Å². The van der Waals surface area contributed by atoms with Gasteiger partial charge in [-0.05, 0) is 6.07 Å². The zero-order valence-corrected chi connectivity index (χ0v) is 7.08. The van der Waals surface area contributed by atoms with Gasteiger partial charge >= 0.3 is 0 Å². The lowest BCUT2D eigenvalue weighted by atomic mass is 10.4. The number of fused-ring (bicyclic) bond motifs is 1. The Balaban J connectivity index is 2.57. The first kappa shape index (κ1) is 8.15. The number of nitrogens with zero attached hydrogens (tertiary/aromatic N) is 3. The van der Waals surface area contributed by atoms with Crippen LogP contribution in [0.4, 0.5) is 0 Å². The molecule has 0 aliphatic heterocycles. The monoisotopic (exact) mass is 179 g/mol. The largest absolute Gasteiger partial charge is 0.363 e. The third kappa shape index (κ3) is 1.28. The summed E-state index contributed by atoms with van der Waals surface area (Å²) in [6.45, 7) is 0. The van der Waals surface area contributed by atoms with Gasteiger partial charge in [0.1, 0.15) is 12.0 Å². The molecule has 0 spiro atoms. The summed E-state index contributed by atoms with van der Waals surface area (Å²) in [6, 6.07) is 1.79. The Kier molecular flexibility index (Phi) is 1.96. The molecule has 2 aromatic heterocycles. The highest BCUT2D eigenvalue weighted by atomic mass is 16.6. The van der Waals surface area contributed by atoms with Crippen LogP contribution in [0.2, 0.25) is 0 Å². The van der Waals surface area contributed by atoms with Crippen LogP contribution in [0.15, 0.2) is 24.8 Å². The highest BCUT2D eigenvalue weighted by Gasteiger charge is 2.13. The summed E-state index contributed by atoms with van der Waals surface area (Å²) in [7, 11) is 1.42. The van der Waals surface area contributed by atoms with E-state index in [2.05, 4.69) is 9.97 Å². The molecule has 0 aliphatic rings. The molecule has 0 saturated heterocycles. The third-order valence-corrected chi connectivity index (χ3v) is 1.78. The Bertz CT molecular complexity index is 412. The molecule has 0 amide bonds. The quantitative estimate of drug-likeness (QED) is 0.676. The third-order valence-electron chi connectivity index (χ3n) is 1.78. The summed E-state index contributed by atoms with van der Waals surface area (Å²) in [5, 5.41) is 9.38. The van der Waals surface area contributed by atoms with Crippen LogP contribution in [-0.2, 0) is 4.74 Å². The second-order valence-electron chi connectivity index (χ2n) is 2.57. The van der Waals surface area contributed by atoms with Gasteiger partial charge in [0, 0.05) is 19.5 Å². The zero-order chi connectivity index (χ0) is 9.26. The van der Waals surface area contributed by atoms with Crippen molar-refractivity contribution in [2.75, 3.05) is 7.11 Å². The average Bonchev–Trinajstić information content (AvgIpc) is 2.60. The fourth-order valence-corrected chi connectivity index (χ4v) is 1.14. The molecule has 1 N–H and O–H groups in total. The van der Waals surface area contributed by atoms with Crippen molar-refractivity contribution in [3.8, 4) is 0 Å². The molecular weight excluding hydrogens is 170 g/mol. The lowest BCUT2D eigenvalue weighted by Crippen LogP contribution is -2.01. The number of aromatic nitrogens is 3. The molecule has 0 radical (unpaired) electrons. The number of imidazole rings is 1. The standard InChI is InChI=1S/C8H9N3O2/c1-13-8(12)6-7-9-3-2-4-11(7)5-10-6/h2-5,8,12H,1H3. The van der Waals surface area contributed by atoms with E-state index >= 15 is 0 Å². The van der Waals surface area contributed by atoms with E-state index < -0.39 is 6.29 Å². The van der Waals surface area contributed by atoms with Gasteiger partial charge in [0.2, 0.25) is 6.29 Å². The summed E-state index contributed by atoms with van der Waals surface area (Å²) in [5.74, 6) is 0. The molecule has 5 nitrogen and oxygen atoms in total. The van der Waals surface area contributed by atoms with Crippen molar-refractivity contribution in [2.24, 2.45) is 0 Å². The molecule has 13 heavy (non-hydrogen) atoms. The number of aliphatic hydroxyl groups excluding tert-OH is 1. The van der Waals surface area contributed by atoms with Crippen molar-refractivity contribution in [1.82, 2.24) is 14.4 Å². The topological polar surface area (TPSA) is 59.7 Å². The van der Waals surface area contributed by atoms with Gasteiger partial charge in [-0.1, -0.05) is 0 Å². The van der Waals surface area contributed by atoms with Gasteiger partial charge in [0.05, 0.1) is 0 Å². The molecule has 68 valence electrons. The van der Waals surface area contributed by atoms with E-state index in [-0.39, 0.29) is 0 Å². The highest BCUT2D eigenvalue weighted by molar-refractivity contribution is 5.43. The van der Waals surface area contributed by atoms with Gasteiger partial charge in [-0.25, -0.2) is 9.97 Å². The summed E-state index contributed by atoms with van der Waals surface area (Å²) in [4.78, 5) is 8.06. The minimum absolute atomic E-state index is 0.433. The van der Waals surface area contributed by atoms with E-state index in [4.69, 9.17) is 4.74 Å². The maximum absolute atomic E-state index is 9.38. The van der Waals surface area contributed by atoms with Crippen molar-refractivity contribution in [2.45, 2.75) is 6.29 Å². The number of hydrogen-bond donors (Lipinski definition) is 1. The highest BCUT2D eigenvalue weighted by Crippen LogP contribution is 2.15. The molecule has 1 atom stereocenters. The smallest absolute Gasteiger partial charge is 0.202 e. The Morgan fingerprint density at radius 3 is 3.15 bits per heavy atom. The average molecular weight is 179 g/mol. The first-order valence-electron chi connectivity index (χ1n) is 3.81. The number of rotatable bonds is 2. The Hall–Kier alpha value is -1.46. The fourth-order valence-electron chi connectivity index (χ4n) is 1.14. The molecule has 0 saturated carbocycles. The predicted molar refractivity (Wildman–Crippen MR) is 45.0 cm³/mol. The number of methoxy groups -OCH3 is 1. The summed E-state index contributed by atoms with van der Waals surface area (Å²) in [5.41, 5.74) is 1.04. The Labute approximate surface area is 74.6 Å². The number of ether oxygens (including phenoxy) is 1. The lowest BCUT2D eigenvalue weighted by Gasteiger charge is -2.03. The Morgan fingerprint density at radius 2 is 2.38 bits per heavy atom. The maximum Gasteiger partial charge on any atom is 0.202 e. The molecule has 2 heterocycles. The van der Waals surface area contributed by atoms with Crippen LogP contribution in [0.1, 0.15) is 12.0 Å². The molecule has 5 heteroatoms. The van der Waals surface area contributed by atoms with Gasteiger partial charge in [-0.2, -0.15) is 0 Å². The molecular formula is C8H9N3O2. The molecule has 2 aromatic rings. The van der Waals surface area contributed by atoms with E-state index in [0.717, 1.165) is 0 Å². The van der Waals surface area contributed by atoms with Crippen molar-refractivity contribution in [3.63, 3.8) is 0 Å². The molecule has 2 rings (SSSR count). The summed E-state index contributed by atoms with van der Waals surface area (Å²) in [6.07, 6.45) is 4.02. The Morgan fingerprint density at radius 1 is 1.54 bits per heavy atom. The van der Waals surface area contributed by atoms with Crippen LogP contribution < -0.4 is 0 Å². The number of aliphatic hydroxyl groups is 1.